The van der Waals surface area contributed by atoms with Crippen LogP contribution >= 0.6 is 0 Å². The highest BCUT2D eigenvalue weighted by molar-refractivity contribution is 5.05. The zero-order valence-corrected chi connectivity index (χ0v) is 6.90. The highest BCUT2D eigenvalue weighted by Crippen LogP contribution is 2.30. The molecule has 1 aromatic rings. The first-order valence-electron chi connectivity index (χ1n) is 4.26. The lowest BCUT2D eigenvalue weighted by Crippen LogP contribution is -2.02. The molecule has 1 aliphatic carbocycles. The molecule has 0 unspecified atom stereocenters. The standard InChI is InChI=1S/C9H11N3/c10-4-3-9-5-11-7-12(9)6-8-1-2-8/h5,7-8H,1-3,6H2. The van der Waals surface area contributed by atoms with Crippen molar-refractivity contribution in [2.24, 2.45) is 5.92 Å². The lowest BCUT2D eigenvalue weighted by molar-refractivity contribution is 0.608. The molecule has 1 aliphatic rings. The van der Waals surface area contributed by atoms with Crippen molar-refractivity contribution in [3.63, 3.8) is 0 Å². The molecule has 3 nitrogen and oxygen atoms in total. The molecule has 62 valence electrons. The van der Waals surface area contributed by atoms with Crippen LogP contribution in [-0.4, -0.2) is 9.55 Å². The van der Waals surface area contributed by atoms with Crippen molar-refractivity contribution in [1.29, 1.82) is 5.26 Å². The van der Waals surface area contributed by atoms with Gasteiger partial charge < -0.3 is 4.57 Å². The van der Waals surface area contributed by atoms with E-state index in [2.05, 4.69) is 15.6 Å². The van der Waals surface area contributed by atoms with Crippen LogP contribution in [0.25, 0.3) is 0 Å². The van der Waals surface area contributed by atoms with E-state index in [1.54, 1.807) is 6.20 Å². The van der Waals surface area contributed by atoms with Crippen LogP contribution in [0.5, 0.6) is 0 Å². The molecule has 1 aromatic heterocycles. The fraction of sp³-hybridized carbons (Fsp3) is 0.556. The van der Waals surface area contributed by atoms with Crippen LogP contribution in [0.4, 0.5) is 0 Å². The third-order valence-electron chi connectivity index (χ3n) is 2.21. The zero-order valence-electron chi connectivity index (χ0n) is 6.90. The van der Waals surface area contributed by atoms with Gasteiger partial charge in [-0.25, -0.2) is 4.98 Å². The Balaban J connectivity index is 2.07. The van der Waals surface area contributed by atoms with E-state index >= 15 is 0 Å². The second kappa shape index (κ2) is 2.98. The van der Waals surface area contributed by atoms with Gasteiger partial charge in [0.2, 0.25) is 0 Å². The Kier molecular flexibility index (Phi) is 1.83. The molecule has 1 heterocycles. The van der Waals surface area contributed by atoms with Crippen molar-refractivity contribution >= 4 is 0 Å². The number of rotatable bonds is 3. The van der Waals surface area contributed by atoms with E-state index in [1.165, 1.54) is 12.8 Å². The molecule has 1 fully saturated rings. The Labute approximate surface area is 71.6 Å². The van der Waals surface area contributed by atoms with Gasteiger partial charge in [-0.2, -0.15) is 5.26 Å². The molecule has 0 saturated heterocycles. The highest BCUT2D eigenvalue weighted by Gasteiger charge is 2.22. The second-order valence-corrected chi connectivity index (χ2v) is 3.32. The molecule has 0 N–H and O–H groups in total. The topological polar surface area (TPSA) is 41.6 Å². The lowest BCUT2D eigenvalue weighted by atomic mass is 10.3. The van der Waals surface area contributed by atoms with E-state index in [0.29, 0.717) is 6.42 Å². The largest absolute Gasteiger partial charge is 0.333 e. The number of aromatic nitrogens is 2. The minimum Gasteiger partial charge on any atom is -0.333 e. The maximum atomic E-state index is 8.52. The van der Waals surface area contributed by atoms with Crippen molar-refractivity contribution in [3.05, 3.63) is 18.2 Å². The van der Waals surface area contributed by atoms with Gasteiger partial charge >= 0.3 is 0 Å². The number of nitriles is 1. The van der Waals surface area contributed by atoms with Gasteiger partial charge in [0.05, 0.1) is 24.5 Å². The van der Waals surface area contributed by atoms with E-state index in [1.807, 2.05) is 6.33 Å². The average molecular weight is 161 g/mol. The van der Waals surface area contributed by atoms with Gasteiger partial charge in [-0.15, -0.1) is 0 Å². The Hall–Kier alpha value is -1.30. The summed E-state index contributed by atoms with van der Waals surface area (Å²) in [6.45, 7) is 1.05. The quantitative estimate of drug-likeness (QED) is 0.671. The highest BCUT2D eigenvalue weighted by atomic mass is 15.0. The fourth-order valence-corrected chi connectivity index (χ4v) is 1.32. The van der Waals surface area contributed by atoms with Crippen molar-refractivity contribution in [2.75, 3.05) is 0 Å². The first-order chi connectivity index (χ1) is 5.90. The molecule has 0 atom stereocenters. The van der Waals surface area contributed by atoms with Crippen LogP contribution in [0.2, 0.25) is 0 Å². The van der Waals surface area contributed by atoms with Gasteiger partial charge in [0.25, 0.3) is 0 Å². The van der Waals surface area contributed by atoms with Crippen LogP contribution < -0.4 is 0 Å². The second-order valence-electron chi connectivity index (χ2n) is 3.32. The fourth-order valence-electron chi connectivity index (χ4n) is 1.32. The minimum absolute atomic E-state index is 0.479. The van der Waals surface area contributed by atoms with Crippen LogP contribution in [0, 0.1) is 17.2 Å². The molecule has 0 amide bonds. The molecule has 0 radical (unpaired) electrons. The average Bonchev–Trinajstić information content (AvgIpc) is 2.76. The summed E-state index contributed by atoms with van der Waals surface area (Å²) in [7, 11) is 0. The first-order valence-corrected chi connectivity index (χ1v) is 4.26. The van der Waals surface area contributed by atoms with Crippen molar-refractivity contribution in [2.45, 2.75) is 25.8 Å². The minimum atomic E-state index is 0.479. The Morgan fingerprint density at radius 2 is 2.50 bits per heavy atom. The molecular weight excluding hydrogens is 150 g/mol. The summed E-state index contributed by atoms with van der Waals surface area (Å²) in [4.78, 5) is 4.03. The molecule has 0 bridgehead atoms. The Bertz CT molecular complexity index is 304. The summed E-state index contributed by atoms with van der Waals surface area (Å²) >= 11 is 0. The van der Waals surface area contributed by atoms with Crippen LogP contribution in [0.15, 0.2) is 12.5 Å². The summed E-state index contributed by atoms with van der Waals surface area (Å²) in [5, 5.41) is 8.52. The number of hydrogen-bond donors (Lipinski definition) is 0. The third kappa shape index (κ3) is 1.48. The molecule has 0 aliphatic heterocycles. The Morgan fingerprint density at radius 1 is 1.67 bits per heavy atom. The Morgan fingerprint density at radius 3 is 3.17 bits per heavy atom. The van der Waals surface area contributed by atoms with Crippen molar-refractivity contribution < 1.29 is 0 Å². The predicted octanol–water partition coefficient (Wildman–Crippen LogP) is 1.36. The maximum absolute atomic E-state index is 8.52. The summed E-state index contributed by atoms with van der Waals surface area (Å²) in [5.74, 6) is 0.844. The van der Waals surface area contributed by atoms with E-state index in [4.69, 9.17) is 5.26 Å². The zero-order chi connectivity index (χ0) is 8.39. The van der Waals surface area contributed by atoms with Gasteiger partial charge in [0.15, 0.2) is 0 Å². The van der Waals surface area contributed by atoms with Gasteiger partial charge in [-0.1, -0.05) is 0 Å². The van der Waals surface area contributed by atoms with Gasteiger partial charge in [0.1, 0.15) is 0 Å². The van der Waals surface area contributed by atoms with Gasteiger partial charge in [-0.05, 0) is 18.8 Å². The molecule has 0 spiro atoms. The van der Waals surface area contributed by atoms with E-state index in [-0.39, 0.29) is 0 Å². The first kappa shape index (κ1) is 7.35. The van der Waals surface area contributed by atoms with E-state index in [0.717, 1.165) is 18.2 Å². The van der Waals surface area contributed by atoms with Gasteiger partial charge in [0, 0.05) is 12.7 Å². The SMILES string of the molecule is N#CCc1cncn1CC1CC1. The number of nitrogens with zero attached hydrogens (tertiary/aromatic N) is 3. The monoisotopic (exact) mass is 161 g/mol. The third-order valence-corrected chi connectivity index (χ3v) is 2.21. The predicted molar refractivity (Wildman–Crippen MR) is 44.3 cm³/mol. The van der Waals surface area contributed by atoms with Crippen LogP contribution in [-0.2, 0) is 13.0 Å². The molecule has 2 rings (SSSR count). The normalized spacial score (nSPS) is 15.9. The van der Waals surface area contributed by atoms with E-state index < -0.39 is 0 Å². The molecule has 12 heavy (non-hydrogen) atoms. The van der Waals surface area contributed by atoms with Gasteiger partial charge in [-0.3, -0.25) is 0 Å². The summed E-state index contributed by atoms with van der Waals surface area (Å²) in [5.41, 5.74) is 1.05. The molecule has 0 aromatic carbocycles. The smallest absolute Gasteiger partial charge is 0.0948 e. The number of hydrogen-bond acceptors (Lipinski definition) is 2. The van der Waals surface area contributed by atoms with Crippen LogP contribution in [0.1, 0.15) is 18.5 Å². The summed E-state index contributed by atoms with van der Waals surface area (Å²) < 4.78 is 2.10. The van der Waals surface area contributed by atoms with Crippen molar-refractivity contribution in [3.8, 4) is 6.07 Å². The number of imidazole rings is 1. The molecule has 3 heteroatoms. The van der Waals surface area contributed by atoms with E-state index in [9.17, 15) is 0 Å². The maximum Gasteiger partial charge on any atom is 0.0948 e. The molecular formula is C9H11N3. The molecule has 1 saturated carbocycles. The lowest BCUT2D eigenvalue weighted by Gasteiger charge is -2.02. The summed E-state index contributed by atoms with van der Waals surface area (Å²) in [6.07, 6.45) is 6.76. The summed E-state index contributed by atoms with van der Waals surface area (Å²) in [6, 6.07) is 2.14. The van der Waals surface area contributed by atoms with Crippen molar-refractivity contribution in [1.82, 2.24) is 9.55 Å². The van der Waals surface area contributed by atoms with Crippen LogP contribution in [0.3, 0.4) is 0 Å².